The van der Waals surface area contributed by atoms with Gasteiger partial charge in [-0.1, -0.05) is 42.5 Å². The van der Waals surface area contributed by atoms with Gasteiger partial charge in [-0.15, -0.1) is 6.58 Å². The van der Waals surface area contributed by atoms with Gasteiger partial charge in [0.25, 0.3) is 0 Å². The van der Waals surface area contributed by atoms with Crippen LogP contribution in [0, 0.1) is 11.8 Å². The van der Waals surface area contributed by atoms with Gasteiger partial charge in [-0.3, -0.25) is 4.98 Å². The number of carbonyl (C=O) groups excluding carboxylic acids is 1. The fraction of sp³-hybridized carbons (Fsp3) is 0.308. The van der Waals surface area contributed by atoms with Crippen LogP contribution in [-0.4, -0.2) is 30.1 Å². The number of hydrogen-bond donors (Lipinski definition) is 1. The molecule has 1 unspecified atom stereocenters. The minimum atomic E-state index is -0.297. The number of fused-ring (bicyclic) bond motifs is 4. The Hall–Kier alpha value is -2.98. The largest absolute Gasteiger partial charge is 0.447 e. The van der Waals surface area contributed by atoms with Gasteiger partial charge in [-0.25, -0.2) is 4.79 Å². The van der Waals surface area contributed by atoms with E-state index in [1.807, 2.05) is 60.8 Å². The van der Waals surface area contributed by atoms with Crippen molar-refractivity contribution >= 4 is 16.9 Å². The SMILES string of the molecule is C=C[C@@H]1C[NH+]2CC[C@@H]1C[C@@H]2[C@@H](OC(=O)c1ccccc1)c1ccnc2ccccc12. The topological polar surface area (TPSA) is 43.6 Å². The number of aromatic nitrogens is 1. The number of quaternary nitrogens is 1. The highest BCUT2D eigenvalue weighted by Crippen LogP contribution is 2.36. The van der Waals surface area contributed by atoms with Crippen molar-refractivity contribution in [3.8, 4) is 0 Å². The van der Waals surface area contributed by atoms with Crippen LogP contribution >= 0.6 is 0 Å². The Bertz CT molecular complexity index is 1060. The molecule has 3 fully saturated rings. The molecule has 1 N–H and O–H groups in total. The molecule has 2 aromatic carbocycles. The van der Waals surface area contributed by atoms with E-state index in [0.29, 0.717) is 17.4 Å². The zero-order chi connectivity index (χ0) is 20.5. The maximum Gasteiger partial charge on any atom is 0.338 e. The maximum atomic E-state index is 13.1. The maximum absolute atomic E-state index is 13.1. The Morgan fingerprint density at radius 3 is 2.70 bits per heavy atom. The summed E-state index contributed by atoms with van der Waals surface area (Å²) in [5.74, 6) is 0.921. The summed E-state index contributed by atoms with van der Waals surface area (Å²) in [5.41, 5.74) is 2.59. The first kappa shape index (κ1) is 19.0. The number of nitrogens with one attached hydrogen (secondary N) is 1. The number of pyridine rings is 1. The number of ether oxygens (including phenoxy) is 1. The number of carbonyl (C=O) groups is 1. The molecule has 0 saturated carbocycles. The second-order valence-corrected chi connectivity index (χ2v) is 8.51. The lowest BCUT2D eigenvalue weighted by atomic mass is 9.73. The van der Waals surface area contributed by atoms with Gasteiger partial charge in [0.15, 0.2) is 6.10 Å². The molecule has 0 amide bonds. The molecule has 3 aromatic rings. The molecule has 2 bridgehead atoms. The van der Waals surface area contributed by atoms with Gasteiger partial charge in [-0.05, 0) is 30.2 Å². The number of hydrogen-bond acceptors (Lipinski definition) is 3. The number of piperidine rings is 3. The second-order valence-electron chi connectivity index (χ2n) is 8.51. The molecule has 0 spiro atoms. The van der Waals surface area contributed by atoms with Crippen LogP contribution in [0.5, 0.6) is 0 Å². The normalized spacial score (nSPS) is 26.3. The molecule has 4 heterocycles. The van der Waals surface area contributed by atoms with E-state index in [0.717, 1.165) is 36.0 Å². The second kappa shape index (κ2) is 8.04. The van der Waals surface area contributed by atoms with Crippen LogP contribution in [0.15, 0.2) is 79.5 Å². The molecule has 30 heavy (non-hydrogen) atoms. The first-order valence-corrected chi connectivity index (χ1v) is 10.8. The van der Waals surface area contributed by atoms with Crippen LogP contribution in [0.3, 0.4) is 0 Å². The summed E-state index contributed by atoms with van der Waals surface area (Å²) in [6, 6.07) is 19.7. The van der Waals surface area contributed by atoms with Gasteiger partial charge in [0, 0.05) is 35.9 Å². The Balaban J connectivity index is 1.54. The highest BCUT2D eigenvalue weighted by molar-refractivity contribution is 5.90. The van der Waals surface area contributed by atoms with E-state index in [9.17, 15) is 4.79 Å². The van der Waals surface area contributed by atoms with Crippen molar-refractivity contribution in [2.24, 2.45) is 11.8 Å². The molecule has 3 saturated heterocycles. The van der Waals surface area contributed by atoms with Crippen LogP contribution in [-0.2, 0) is 4.74 Å². The van der Waals surface area contributed by atoms with E-state index in [1.54, 1.807) is 0 Å². The van der Waals surface area contributed by atoms with Crippen LogP contribution in [0.25, 0.3) is 10.9 Å². The van der Waals surface area contributed by atoms with Gasteiger partial charge < -0.3 is 9.64 Å². The summed E-state index contributed by atoms with van der Waals surface area (Å²) < 4.78 is 6.28. The van der Waals surface area contributed by atoms with E-state index in [1.165, 1.54) is 11.3 Å². The Labute approximate surface area is 177 Å². The Kier molecular flexibility index (Phi) is 5.09. The molecule has 0 radical (unpaired) electrons. The summed E-state index contributed by atoms with van der Waals surface area (Å²) in [6.07, 6.45) is 5.93. The Morgan fingerprint density at radius 1 is 1.13 bits per heavy atom. The lowest BCUT2D eigenvalue weighted by molar-refractivity contribution is -0.949. The number of para-hydroxylation sites is 1. The molecule has 3 aliphatic rings. The van der Waals surface area contributed by atoms with Crippen molar-refractivity contribution in [1.82, 2.24) is 4.98 Å². The van der Waals surface area contributed by atoms with Gasteiger partial charge >= 0.3 is 5.97 Å². The predicted molar refractivity (Wildman–Crippen MR) is 117 cm³/mol. The van der Waals surface area contributed by atoms with E-state index in [2.05, 4.69) is 23.7 Å². The minimum Gasteiger partial charge on any atom is -0.447 e. The van der Waals surface area contributed by atoms with Gasteiger partial charge in [0.1, 0.15) is 6.04 Å². The van der Waals surface area contributed by atoms with Gasteiger partial charge in [-0.2, -0.15) is 0 Å². The van der Waals surface area contributed by atoms with E-state index in [4.69, 9.17) is 4.74 Å². The molecular weight excluding hydrogens is 372 g/mol. The molecule has 0 aliphatic carbocycles. The smallest absolute Gasteiger partial charge is 0.338 e. The fourth-order valence-electron chi connectivity index (χ4n) is 5.38. The van der Waals surface area contributed by atoms with E-state index < -0.39 is 0 Å². The molecular formula is C26H27N2O2+. The minimum absolute atomic E-state index is 0.249. The van der Waals surface area contributed by atoms with Crippen molar-refractivity contribution in [2.45, 2.75) is 25.0 Å². The molecule has 3 aliphatic heterocycles. The molecule has 1 aromatic heterocycles. The highest BCUT2D eigenvalue weighted by atomic mass is 16.5. The molecule has 4 heteroatoms. The number of benzene rings is 2. The summed E-state index contributed by atoms with van der Waals surface area (Å²) in [4.78, 5) is 19.1. The van der Waals surface area contributed by atoms with E-state index >= 15 is 0 Å². The van der Waals surface area contributed by atoms with E-state index in [-0.39, 0.29) is 18.1 Å². The first-order valence-electron chi connectivity index (χ1n) is 10.8. The van der Waals surface area contributed by atoms with Crippen LogP contribution in [0.2, 0.25) is 0 Å². The third-order valence-electron chi connectivity index (χ3n) is 6.92. The lowest BCUT2D eigenvalue weighted by Gasteiger charge is -2.48. The average Bonchev–Trinajstić information content (AvgIpc) is 2.83. The quantitative estimate of drug-likeness (QED) is 0.527. The van der Waals surface area contributed by atoms with Crippen LogP contribution in [0.4, 0.5) is 0 Å². The zero-order valence-electron chi connectivity index (χ0n) is 17.0. The van der Waals surface area contributed by atoms with Gasteiger partial charge in [0.05, 0.1) is 24.2 Å². The van der Waals surface area contributed by atoms with Crippen molar-refractivity contribution in [1.29, 1.82) is 0 Å². The van der Waals surface area contributed by atoms with Gasteiger partial charge in [0.2, 0.25) is 0 Å². The molecule has 6 rings (SSSR count). The standard InChI is InChI=1S/C26H26N2O2/c1-2-18-17-28-15-13-20(18)16-24(28)25(30-26(29)19-8-4-3-5-9-19)22-12-14-27-23-11-7-6-10-21(22)23/h2-12,14,18,20,24-25H,1,13,15-17H2/p+1/t18-,20-,24-,25+/m1/s1. The molecule has 5 atom stereocenters. The number of nitrogens with zero attached hydrogens (tertiary/aromatic N) is 1. The molecule has 4 nitrogen and oxygen atoms in total. The lowest BCUT2D eigenvalue weighted by Crippen LogP contribution is -3.20. The number of rotatable bonds is 5. The fourth-order valence-corrected chi connectivity index (χ4v) is 5.38. The van der Waals surface area contributed by atoms with Crippen molar-refractivity contribution in [2.75, 3.05) is 13.1 Å². The summed E-state index contributed by atoms with van der Waals surface area (Å²) in [6.45, 7) is 6.25. The third kappa shape index (κ3) is 3.41. The average molecular weight is 400 g/mol. The zero-order valence-corrected chi connectivity index (χ0v) is 17.0. The first-order chi connectivity index (χ1) is 14.7. The molecule has 152 valence electrons. The summed E-state index contributed by atoms with van der Waals surface area (Å²) in [7, 11) is 0. The Morgan fingerprint density at radius 2 is 1.93 bits per heavy atom. The monoisotopic (exact) mass is 399 g/mol. The predicted octanol–water partition coefficient (Wildman–Crippen LogP) is 3.61. The summed E-state index contributed by atoms with van der Waals surface area (Å²) in [5, 5.41) is 1.06. The number of esters is 1. The van der Waals surface area contributed by atoms with Crippen molar-refractivity contribution in [3.63, 3.8) is 0 Å². The van der Waals surface area contributed by atoms with Crippen LogP contribution in [0.1, 0.15) is 34.9 Å². The summed E-state index contributed by atoms with van der Waals surface area (Å²) >= 11 is 0. The third-order valence-corrected chi connectivity index (χ3v) is 6.92. The highest BCUT2D eigenvalue weighted by Gasteiger charge is 2.47. The van der Waals surface area contributed by atoms with Crippen LogP contribution < -0.4 is 4.90 Å². The van der Waals surface area contributed by atoms with Crippen molar-refractivity contribution < 1.29 is 14.4 Å². The van der Waals surface area contributed by atoms with Crippen molar-refractivity contribution in [3.05, 3.63) is 90.6 Å².